The first-order chi connectivity index (χ1) is 12.8. The molecule has 1 amide bonds. The van der Waals surface area contributed by atoms with Gasteiger partial charge in [-0.1, -0.05) is 17.3 Å². The van der Waals surface area contributed by atoms with Crippen LogP contribution < -0.4 is 10.8 Å². The zero-order valence-corrected chi connectivity index (χ0v) is 14.2. The molecule has 1 aliphatic rings. The van der Waals surface area contributed by atoms with Crippen LogP contribution in [0.5, 0.6) is 0 Å². The first-order valence-electron chi connectivity index (χ1n) is 8.11. The summed E-state index contributed by atoms with van der Waals surface area (Å²) in [6.45, 7) is 3.30. The largest absolute Gasteiger partial charge is 0.471 e. The Morgan fingerprint density at radius 1 is 1.33 bits per heavy atom. The number of hydrogen-bond donors (Lipinski definition) is 2. The number of halogens is 3. The van der Waals surface area contributed by atoms with Crippen LogP contribution >= 0.6 is 0 Å². The van der Waals surface area contributed by atoms with Gasteiger partial charge in [-0.2, -0.15) is 23.6 Å². The summed E-state index contributed by atoms with van der Waals surface area (Å²) in [5, 5.41) is 6.08. The van der Waals surface area contributed by atoms with Gasteiger partial charge in [0.15, 0.2) is 0 Å². The molecule has 1 aliphatic heterocycles. The van der Waals surface area contributed by atoms with Crippen molar-refractivity contribution < 1.29 is 32.1 Å². The van der Waals surface area contributed by atoms with E-state index in [1.807, 2.05) is 0 Å². The van der Waals surface area contributed by atoms with E-state index in [9.17, 15) is 18.0 Å². The monoisotopic (exact) mass is 386 g/mol. The second-order valence-corrected chi connectivity index (χ2v) is 6.00. The van der Waals surface area contributed by atoms with Crippen LogP contribution in [-0.2, 0) is 15.8 Å². The number of hydrogen-bond acceptors (Lipinski definition) is 7. The molecule has 0 aliphatic carbocycles. The maximum atomic E-state index is 12.5. The molecule has 2 heterocycles. The molecule has 0 spiro atoms. The van der Waals surface area contributed by atoms with Gasteiger partial charge in [0.2, 0.25) is 5.82 Å². The van der Waals surface area contributed by atoms with Crippen molar-refractivity contribution in [2.45, 2.75) is 25.2 Å². The molecule has 27 heavy (non-hydrogen) atoms. The van der Waals surface area contributed by atoms with Gasteiger partial charge in [0, 0.05) is 23.7 Å². The molecule has 2 N–H and O–H groups in total. The van der Waals surface area contributed by atoms with Crippen molar-refractivity contribution in [3.8, 4) is 11.4 Å². The van der Waals surface area contributed by atoms with E-state index in [-0.39, 0.29) is 23.9 Å². The van der Waals surface area contributed by atoms with E-state index in [4.69, 9.17) is 9.57 Å². The van der Waals surface area contributed by atoms with Crippen molar-refractivity contribution in [3.63, 3.8) is 0 Å². The zero-order valence-electron chi connectivity index (χ0n) is 14.2. The van der Waals surface area contributed by atoms with E-state index >= 15 is 0 Å². The van der Waals surface area contributed by atoms with Gasteiger partial charge in [-0.25, -0.2) is 0 Å². The lowest BCUT2D eigenvalue weighted by molar-refractivity contribution is -0.162. The summed E-state index contributed by atoms with van der Waals surface area (Å²) in [4.78, 5) is 20.8. The highest BCUT2D eigenvalue weighted by molar-refractivity contribution is 5.94. The first kappa shape index (κ1) is 19.3. The molecule has 146 valence electrons. The number of carbonyl (C=O) groups excluding carboxylic acids is 1. The minimum absolute atomic E-state index is 0.0310. The smallest absolute Gasteiger partial charge is 0.376 e. The normalized spacial score (nSPS) is 16.0. The lowest BCUT2D eigenvalue weighted by Crippen LogP contribution is -2.45. The Hall–Kier alpha value is -2.50. The van der Waals surface area contributed by atoms with E-state index in [1.54, 1.807) is 6.92 Å². The Kier molecular flexibility index (Phi) is 5.73. The lowest BCUT2D eigenvalue weighted by Gasteiger charge is -2.26. The molecule has 0 saturated carbocycles. The van der Waals surface area contributed by atoms with E-state index in [0.29, 0.717) is 30.9 Å². The third kappa shape index (κ3) is 5.02. The van der Waals surface area contributed by atoms with Crippen LogP contribution in [0.25, 0.3) is 11.4 Å². The third-order valence-electron chi connectivity index (χ3n) is 3.70. The molecule has 11 heteroatoms. The SMILES string of the molecule is CC(CNOC1COC1)NC(=O)c1ccc(-c2noc(C(F)(F)F)n2)cc1. The molecular formula is C16H17F3N4O4. The average Bonchev–Trinajstić information content (AvgIpc) is 3.07. The highest BCUT2D eigenvalue weighted by Crippen LogP contribution is 2.29. The number of alkyl halides is 3. The molecular weight excluding hydrogens is 369 g/mol. The van der Waals surface area contributed by atoms with Crippen LogP contribution in [0, 0.1) is 0 Å². The topological polar surface area (TPSA) is 98.5 Å². The van der Waals surface area contributed by atoms with Crippen molar-refractivity contribution in [2.24, 2.45) is 0 Å². The van der Waals surface area contributed by atoms with Gasteiger partial charge in [0.25, 0.3) is 5.91 Å². The minimum Gasteiger partial charge on any atom is -0.376 e. The van der Waals surface area contributed by atoms with Gasteiger partial charge in [0.05, 0.1) is 13.2 Å². The summed E-state index contributed by atoms with van der Waals surface area (Å²) in [6, 6.07) is 5.63. The Labute approximate surface area is 152 Å². The molecule has 1 aromatic heterocycles. The number of nitrogens with one attached hydrogen (secondary N) is 2. The van der Waals surface area contributed by atoms with Crippen LogP contribution in [0.4, 0.5) is 13.2 Å². The number of hydroxylamine groups is 1. The fraction of sp³-hybridized carbons (Fsp3) is 0.438. The van der Waals surface area contributed by atoms with E-state index < -0.39 is 12.1 Å². The number of carbonyl (C=O) groups is 1. The van der Waals surface area contributed by atoms with Crippen molar-refractivity contribution in [2.75, 3.05) is 19.8 Å². The van der Waals surface area contributed by atoms with Crippen molar-refractivity contribution in [1.82, 2.24) is 20.9 Å². The standard InChI is InChI=1S/C16H17F3N4O4/c1-9(6-20-26-12-7-25-8-12)21-14(24)11-4-2-10(3-5-11)13-22-15(27-23-13)16(17,18)19/h2-5,9,12,20H,6-8H2,1H3,(H,21,24). The molecule has 1 unspecified atom stereocenters. The zero-order chi connectivity index (χ0) is 19.4. The minimum atomic E-state index is -4.70. The average molecular weight is 386 g/mol. The van der Waals surface area contributed by atoms with Crippen LogP contribution in [0.2, 0.25) is 0 Å². The summed E-state index contributed by atoms with van der Waals surface area (Å²) < 4.78 is 46.6. The van der Waals surface area contributed by atoms with Crippen LogP contribution in [-0.4, -0.2) is 48.0 Å². The number of amides is 1. The third-order valence-corrected chi connectivity index (χ3v) is 3.70. The van der Waals surface area contributed by atoms with Gasteiger partial charge in [0.1, 0.15) is 6.10 Å². The van der Waals surface area contributed by atoms with E-state index in [2.05, 4.69) is 25.5 Å². The van der Waals surface area contributed by atoms with E-state index in [1.165, 1.54) is 24.3 Å². The van der Waals surface area contributed by atoms with Gasteiger partial charge in [-0.05, 0) is 19.1 Å². The Bertz CT molecular complexity index is 775. The van der Waals surface area contributed by atoms with Gasteiger partial charge in [-0.3, -0.25) is 9.63 Å². The maximum absolute atomic E-state index is 12.5. The van der Waals surface area contributed by atoms with Gasteiger partial charge >= 0.3 is 12.1 Å². The van der Waals surface area contributed by atoms with Gasteiger partial charge in [-0.15, -0.1) is 0 Å². The molecule has 1 atom stereocenters. The molecule has 8 nitrogen and oxygen atoms in total. The second kappa shape index (κ2) is 8.03. The molecule has 0 radical (unpaired) electrons. The van der Waals surface area contributed by atoms with Crippen LogP contribution in [0.15, 0.2) is 28.8 Å². The second-order valence-electron chi connectivity index (χ2n) is 6.00. The van der Waals surface area contributed by atoms with Crippen LogP contribution in [0.3, 0.4) is 0 Å². The Morgan fingerprint density at radius 3 is 2.59 bits per heavy atom. The number of ether oxygens (including phenoxy) is 1. The summed E-state index contributed by atoms with van der Waals surface area (Å²) in [5.41, 5.74) is 3.42. The van der Waals surface area contributed by atoms with Crippen molar-refractivity contribution >= 4 is 5.91 Å². The van der Waals surface area contributed by atoms with E-state index in [0.717, 1.165) is 0 Å². The molecule has 2 aromatic rings. The molecule has 1 aromatic carbocycles. The Balaban J connectivity index is 1.52. The molecule has 1 saturated heterocycles. The quantitative estimate of drug-likeness (QED) is 0.700. The van der Waals surface area contributed by atoms with Gasteiger partial charge < -0.3 is 14.6 Å². The maximum Gasteiger partial charge on any atom is 0.471 e. The molecule has 1 fully saturated rings. The van der Waals surface area contributed by atoms with Crippen LogP contribution in [0.1, 0.15) is 23.2 Å². The highest BCUT2D eigenvalue weighted by Gasteiger charge is 2.38. The number of aromatic nitrogens is 2. The number of benzene rings is 1. The fourth-order valence-corrected chi connectivity index (χ4v) is 2.16. The number of rotatable bonds is 7. The molecule has 0 bridgehead atoms. The highest BCUT2D eigenvalue weighted by atomic mass is 19.4. The summed E-state index contributed by atoms with van der Waals surface area (Å²) >= 11 is 0. The predicted molar refractivity (Wildman–Crippen MR) is 85.4 cm³/mol. The Morgan fingerprint density at radius 2 is 2.04 bits per heavy atom. The fourth-order valence-electron chi connectivity index (χ4n) is 2.16. The van der Waals surface area contributed by atoms with Crippen molar-refractivity contribution in [3.05, 3.63) is 35.7 Å². The summed E-state index contributed by atoms with van der Waals surface area (Å²) in [6.07, 6.45) is -4.67. The summed E-state index contributed by atoms with van der Waals surface area (Å²) in [5.74, 6) is -1.95. The summed E-state index contributed by atoms with van der Waals surface area (Å²) in [7, 11) is 0. The first-order valence-corrected chi connectivity index (χ1v) is 8.11. The lowest BCUT2D eigenvalue weighted by atomic mass is 10.1. The number of nitrogens with zero attached hydrogens (tertiary/aromatic N) is 2. The predicted octanol–water partition coefficient (Wildman–Crippen LogP) is 1.79. The van der Waals surface area contributed by atoms with Crippen molar-refractivity contribution in [1.29, 1.82) is 0 Å². The molecule has 3 rings (SSSR count).